The van der Waals surface area contributed by atoms with Gasteiger partial charge in [-0.15, -0.1) is 0 Å². The van der Waals surface area contributed by atoms with Crippen LogP contribution in [0.15, 0.2) is 0 Å². The van der Waals surface area contributed by atoms with Crippen LogP contribution in [0, 0.1) is 11.3 Å². The zero-order chi connectivity index (χ0) is 26.9. The summed E-state index contributed by atoms with van der Waals surface area (Å²) in [6.07, 6.45) is -10.5. The predicted molar refractivity (Wildman–Crippen MR) is 106 cm³/mol. The molecule has 1 heterocycles. The van der Waals surface area contributed by atoms with Crippen LogP contribution in [0.3, 0.4) is 0 Å². The van der Waals surface area contributed by atoms with Gasteiger partial charge in [0.15, 0.2) is 18.4 Å². The van der Waals surface area contributed by atoms with Crippen LogP contribution in [0.4, 0.5) is 8.78 Å². The normalized spacial score (nSPS) is 27.4. The average Bonchev–Trinajstić information content (AvgIpc) is 2.76. The van der Waals surface area contributed by atoms with E-state index < -0.39 is 85.5 Å². The molecule has 0 radical (unpaired) electrons. The van der Waals surface area contributed by atoms with Crippen molar-refractivity contribution in [1.82, 2.24) is 5.32 Å². The number of esters is 4. The molecule has 0 unspecified atom stereocenters. The quantitative estimate of drug-likeness (QED) is 0.293. The lowest BCUT2D eigenvalue weighted by atomic mass is 9.87. The second kappa shape index (κ2) is 12.9. The largest absolute Gasteiger partial charge is 0.465 e. The third kappa shape index (κ3) is 7.82. The minimum Gasteiger partial charge on any atom is -0.465 e. The zero-order valence-electron chi connectivity index (χ0n) is 19.6. The lowest BCUT2D eigenvalue weighted by Crippen LogP contribution is -2.72. The minimum atomic E-state index is -3.87. The maximum Gasteiger partial charge on any atom is 0.375 e. The highest BCUT2D eigenvalue weighted by Crippen LogP contribution is 2.38. The topological polar surface area (TPSA) is 177 Å². The molecule has 0 aromatic rings. The van der Waals surface area contributed by atoms with Gasteiger partial charge in [0.1, 0.15) is 25.4 Å². The van der Waals surface area contributed by atoms with Gasteiger partial charge in [-0.3, -0.25) is 19.2 Å². The fourth-order valence-corrected chi connectivity index (χ4v) is 3.36. The molecule has 1 aliphatic heterocycles. The van der Waals surface area contributed by atoms with Crippen LogP contribution < -0.4 is 5.32 Å². The number of halogens is 2. The van der Waals surface area contributed by atoms with Gasteiger partial charge in [0.2, 0.25) is 5.91 Å². The summed E-state index contributed by atoms with van der Waals surface area (Å²) in [7, 11) is 0.742. The van der Waals surface area contributed by atoms with Gasteiger partial charge in [-0.25, -0.2) is 9.18 Å². The fraction of sp³-hybridized carbons (Fsp3) is 0.700. The summed E-state index contributed by atoms with van der Waals surface area (Å²) in [5, 5.41) is 11.1. The molecule has 1 rings (SSSR count). The van der Waals surface area contributed by atoms with Gasteiger partial charge in [0.25, 0.3) is 0 Å². The van der Waals surface area contributed by atoms with E-state index in [-0.39, 0.29) is 0 Å². The van der Waals surface area contributed by atoms with Gasteiger partial charge < -0.3 is 33.7 Å². The number of rotatable bonds is 10. The Morgan fingerprint density at radius 2 is 1.69 bits per heavy atom. The van der Waals surface area contributed by atoms with E-state index in [0.29, 0.717) is 0 Å². The van der Waals surface area contributed by atoms with Crippen LogP contribution in [-0.4, -0.2) is 92.6 Å². The number of methoxy groups -OCH3 is 1. The highest BCUT2D eigenvalue weighted by Gasteiger charge is 2.65. The Morgan fingerprint density at radius 3 is 2.14 bits per heavy atom. The average molecular weight is 508 g/mol. The molecular weight excluding hydrogens is 482 g/mol. The molecule has 196 valence electrons. The molecule has 35 heavy (non-hydrogen) atoms. The van der Waals surface area contributed by atoms with Crippen molar-refractivity contribution < 1.29 is 61.2 Å². The molecule has 1 amide bonds. The summed E-state index contributed by atoms with van der Waals surface area (Å²) in [5.74, 6) is -9.33. The van der Waals surface area contributed by atoms with E-state index in [0.717, 1.165) is 34.8 Å². The van der Waals surface area contributed by atoms with E-state index in [2.05, 4.69) is 10.1 Å². The van der Waals surface area contributed by atoms with E-state index >= 15 is 8.78 Å². The van der Waals surface area contributed by atoms with Crippen molar-refractivity contribution in [2.45, 2.75) is 70.2 Å². The van der Waals surface area contributed by atoms with E-state index in [9.17, 15) is 24.0 Å². The molecule has 0 saturated carbocycles. The second-order valence-electron chi connectivity index (χ2n) is 7.31. The molecule has 1 aliphatic rings. The first-order valence-electron chi connectivity index (χ1n) is 10.1. The molecule has 0 spiro atoms. The summed E-state index contributed by atoms with van der Waals surface area (Å²) < 4.78 is 60.4. The van der Waals surface area contributed by atoms with Gasteiger partial charge in [-0.1, -0.05) is 0 Å². The van der Waals surface area contributed by atoms with Gasteiger partial charge in [-0.05, 0) is 0 Å². The summed E-state index contributed by atoms with van der Waals surface area (Å²) >= 11 is 0. The fourth-order valence-electron chi connectivity index (χ4n) is 3.36. The Bertz CT molecular complexity index is 864. The van der Waals surface area contributed by atoms with Crippen LogP contribution in [0.25, 0.3) is 0 Å². The first-order chi connectivity index (χ1) is 16.3. The van der Waals surface area contributed by atoms with Crippen LogP contribution in [0.5, 0.6) is 0 Å². The maximum absolute atomic E-state index is 15.7. The van der Waals surface area contributed by atoms with Gasteiger partial charge in [0, 0.05) is 27.7 Å². The number of carbonyl (C=O) groups is 5. The summed E-state index contributed by atoms with van der Waals surface area (Å²) in [6.45, 7) is 2.37. The number of carbonyl (C=O) groups excluding carboxylic acids is 5. The molecule has 1 N–H and O–H groups in total. The number of nitrogens with zero attached hydrogens (tertiary/aromatic N) is 1. The lowest BCUT2D eigenvalue weighted by molar-refractivity contribution is -0.300. The first kappa shape index (κ1) is 29.7. The van der Waals surface area contributed by atoms with E-state index in [1.165, 1.54) is 0 Å². The van der Waals surface area contributed by atoms with Crippen LogP contribution in [0.1, 0.15) is 27.7 Å². The third-order valence-corrected chi connectivity index (χ3v) is 4.59. The standard InChI is InChI=1S/C20H26F2N2O11/c1-9(25)24-14-16(15(34-12(4)28)13(33-11(3)27)8-32-10(2)26)35-20(22,19(29)30-5)18(21)17(14)31-7-6-23/h13-18H,7-8H2,1-5H3,(H,24,25)/t13-,14+,15-,16-,17-,18+,20+/m1/s1. The molecule has 7 atom stereocenters. The number of nitrogens with one attached hydrogen (secondary N) is 1. The highest BCUT2D eigenvalue weighted by molar-refractivity contribution is 5.79. The Hall–Kier alpha value is -3.38. The van der Waals surface area contributed by atoms with Crippen molar-refractivity contribution in [2.24, 2.45) is 0 Å². The van der Waals surface area contributed by atoms with E-state index in [1.807, 2.05) is 0 Å². The molecule has 1 saturated heterocycles. The summed E-state index contributed by atoms with van der Waals surface area (Å²) in [4.78, 5) is 58.9. The molecule has 1 fully saturated rings. The van der Waals surface area contributed by atoms with Crippen molar-refractivity contribution in [2.75, 3.05) is 20.3 Å². The van der Waals surface area contributed by atoms with Crippen molar-refractivity contribution in [3.63, 3.8) is 0 Å². The number of alkyl halides is 2. The molecule has 0 aromatic heterocycles. The van der Waals surface area contributed by atoms with Crippen molar-refractivity contribution >= 4 is 29.8 Å². The number of ether oxygens (including phenoxy) is 6. The maximum atomic E-state index is 15.7. The number of nitriles is 1. The predicted octanol–water partition coefficient (Wildman–Crippen LogP) is -0.598. The molecule has 0 aromatic carbocycles. The molecule has 0 bridgehead atoms. The molecule has 15 heteroatoms. The Labute approximate surface area is 198 Å². The number of hydrogen-bond acceptors (Lipinski definition) is 12. The molecule has 0 aliphatic carbocycles. The van der Waals surface area contributed by atoms with Crippen molar-refractivity contribution in [1.29, 1.82) is 5.26 Å². The third-order valence-electron chi connectivity index (χ3n) is 4.59. The van der Waals surface area contributed by atoms with Gasteiger partial charge >= 0.3 is 29.7 Å². The Kier molecular flexibility index (Phi) is 10.9. The van der Waals surface area contributed by atoms with Crippen LogP contribution in [0.2, 0.25) is 0 Å². The van der Waals surface area contributed by atoms with E-state index in [4.69, 9.17) is 28.9 Å². The summed E-state index contributed by atoms with van der Waals surface area (Å²) in [5.41, 5.74) is 0. The van der Waals surface area contributed by atoms with Crippen molar-refractivity contribution in [3.05, 3.63) is 0 Å². The monoisotopic (exact) mass is 508 g/mol. The zero-order valence-corrected chi connectivity index (χ0v) is 19.6. The van der Waals surface area contributed by atoms with Crippen LogP contribution in [-0.2, 0) is 52.4 Å². The van der Waals surface area contributed by atoms with Crippen LogP contribution >= 0.6 is 0 Å². The van der Waals surface area contributed by atoms with Crippen molar-refractivity contribution in [3.8, 4) is 6.07 Å². The lowest BCUT2D eigenvalue weighted by Gasteiger charge is -2.47. The van der Waals surface area contributed by atoms with Gasteiger partial charge in [-0.2, -0.15) is 9.65 Å². The first-order valence-corrected chi connectivity index (χ1v) is 10.1. The SMILES string of the molecule is COC(=O)[C@@]1(F)O[C@@H]([C@H](OC(C)=O)[C@@H](COC(C)=O)OC(C)=O)[C@H](NC(C)=O)[C@@H](OCC#N)[C@@H]1F. The molecular formula is C20H26F2N2O11. The number of amides is 1. The Morgan fingerprint density at radius 1 is 1.09 bits per heavy atom. The highest BCUT2D eigenvalue weighted by atomic mass is 19.2. The van der Waals surface area contributed by atoms with E-state index in [1.54, 1.807) is 6.07 Å². The second-order valence-corrected chi connectivity index (χ2v) is 7.31. The molecule has 13 nitrogen and oxygen atoms in total. The smallest absolute Gasteiger partial charge is 0.375 e. The van der Waals surface area contributed by atoms with Gasteiger partial charge in [0.05, 0.1) is 19.2 Å². The number of hydrogen-bond donors (Lipinski definition) is 1. The summed E-state index contributed by atoms with van der Waals surface area (Å²) in [6, 6.07) is -0.160. The minimum absolute atomic E-state index is 0.736. The Balaban J connectivity index is 3.71.